The van der Waals surface area contributed by atoms with Crippen LogP contribution in [0.5, 0.6) is 0 Å². The van der Waals surface area contributed by atoms with Gasteiger partial charge in [0.2, 0.25) is 0 Å². The molecule has 346 valence electrons. The molecule has 6 aromatic rings. The lowest BCUT2D eigenvalue weighted by Crippen LogP contribution is -2.35. The third kappa shape index (κ3) is 8.34. The Bertz CT molecular complexity index is 3640. The molecule has 0 radical (unpaired) electrons. The summed E-state index contributed by atoms with van der Waals surface area (Å²) >= 11 is 0. The van der Waals surface area contributed by atoms with Gasteiger partial charge in [0.15, 0.2) is 0 Å². The monoisotopic (exact) mass is 916 g/mol. The van der Waals surface area contributed by atoms with E-state index in [2.05, 4.69) is 223 Å². The maximum Gasteiger partial charge on any atom is 0.121 e. The first-order chi connectivity index (χ1) is 35.2. The van der Waals surface area contributed by atoms with E-state index in [0.29, 0.717) is 11.8 Å². The second kappa shape index (κ2) is 19.0. The number of para-hydroxylation sites is 3. The van der Waals surface area contributed by atoms with Gasteiger partial charge in [0.25, 0.3) is 0 Å². The van der Waals surface area contributed by atoms with E-state index in [9.17, 15) is 0 Å². The van der Waals surface area contributed by atoms with E-state index >= 15 is 0 Å². The Hall–Kier alpha value is -7.55. The van der Waals surface area contributed by atoms with Crippen LogP contribution in [0.3, 0.4) is 0 Å². The minimum atomic E-state index is 0.152. The smallest absolute Gasteiger partial charge is 0.121 e. The van der Waals surface area contributed by atoms with Crippen LogP contribution in [0.15, 0.2) is 229 Å². The van der Waals surface area contributed by atoms with Crippen LogP contribution in [0.1, 0.15) is 104 Å². The average Bonchev–Trinajstić information content (AvgIpc) is 3.85. The van der Waals surface area contributed by atoms with Crippen LogP contribution in [0.2, 0.25) is 0 Å². The van der Waals surface area contributed by atoms with Crippen molar-refractivity contribution in [1.29, 1.82) is 0 Å². The molecule has 0 fully saturated rings. The van der Waals surface area contributed by atoms with Gasteiger partial charge in [-0.15, -0.1) is 0 Å². The molecule has 0 saturated carbocycles. The number of allylic oxidation sites excluding steroid dienone is 24. The molecule has 2 nitrogen and oxygen atoms in total. The number of aromatic nitrogens is 2. The van der Waals surface area contributed by atoms with Gasteiger partial charge in [0.1, 0.15) is 5.82 Å². The van der Waals surface area contributed by atoms with Gasteiger partial charge in [0.05, 0.1) is 11.0 Å². The Morgan fingerprint density at radius 3 is 1.87 bits per heavy atom. The molecular formula is C69H60N2. The number of imidazole rings is 1. The highest BCUT2D eigenvalue weighted by atomic mass is 15.1. The van der Waals surface area contributed by atoms with E-state index in [1.54, 1.807) is 0 Å². The summed E-state index contributed by atoms with van der Waals surface area (Å²) in [6.45, 7) is 0. The first-order valence-electron chi connectivity index (χ1n) is 26.4. The summed E-state index contributed by atoms with van der Waals surface area (Å²) in [5, 5.41) is 5.58. The van der Waals surface area contributed by atoms with Gasteiger partial charge in [-0.25, -0.2) is 4.98 Å². The first-order valence-corrected chi connectivity index (χ1v) is 26.4. The molecule has 0 spiro atoms. The molecule has 7 aliphatic carbocycles. The Kier molecular flexibility index (Phi) is 11.6. The summed E-state index contributed by atoms with van der Waals surface area (Å²) in [6.07, 6.45) is 56.9. The molecule has 1 heterocycles. The van der Waals surface area contributed by atoms with Crippen LogP contribution in [0, 0.1) is 11.8 Å². The van der Waals surface area contributed by atoms with Crippen LogP contribution < -0.4 is 10.4 Å². The zero-order chi connectivity index (χ0) is 47.1. The second-order valence-corrected chi connectivity index (χ2v) is 20.5. The molecule has 71 heavy (non-hydrogen) atoms. The van der Waals surface area contributed by atoms with Crippen LogP contribution in [-0.4, -0.2) is 9.55 Å². The molecule has 7 aliphatic rings. The van der Waals surface area contributed by atoms with Crippen molar-refractivity contribution in [2.75, 3.05) is 0 Å². The van der Waals surface area contributed by atoms with E-state index in [-0.39, 0.29) is 11.8 Å². The summed E-state index contributed by atoms with van der Waals surface area (Å²) in [7, 11) is 0. The van der Waals surface area contributed by atoms with Crippen molar-refractivity contribution in [2.45, 2.75) is 76.0 Å². The topological polar surface area (TPSA) is 17.8 Å². The summed E-state index contributed by atoms with van der Waals surface area (Å²) in [6, 6.07) is 38.0. The van der Waals surface area contributed by atoms with Crippen LogP contribution in [0.25, 0.3) is 56.4 Å². The van der Waals surface area contributed by atoms with Crippen molar-refractivity contribution in [3.05, 3.63) is 267 Å². The molecule has 0 saturated heterocycles. The summed E-state index contributed by atoms with van der Waals surface area (Å²) in [5.74, 6) is 2.40. The number of rotatable bonds is 9. The fourth-order valence-electron chi connectivity index (χ4n) is 12.6. The molecule has 4 atom stereocenters. The van der Waals surface area contributed by atoms with Gasteiger partial charge in [0, 0.05) is 17.5 Å². The molecule has 0 amide bonds. The molecule has 0 N–H and O–H groups in total. The number of fused-ring (bicyclic) bond motifs is 3. The fraction of sp³-hybridized carbons (Fsp3) is 0.203. The van der Waals surface area contributed by atoms with E-state index in [0.717, 1.165) is 86.8 Å². The van der Waals surface area contributed by atoms with Gasteiger partial charge < -0.3 is 0 Å². The van der Waals surface area contributed by atoms with E-state index < -0.39 is 0 Å². The van der Waals surface area contributed by atoms with E-state index in [4.69, 9.17) is 4.98 Å². The average molecular weight is 917 g/mol. The molecule has 1 aromatic heterocycles. The Labute approximate surface area is 419 Å². The quantitative estimate of drug-likeness (QED) is 0.141. The van der Waals surface area contributed by atoms with Crippen LogP contribution >= 0.6 is 0 Å². The third-order valence-electron chi connectivity index (χ3n) is 16.0. The predicted octanol–water partition coefficient (Wildman–Crippen LogP) is 16.2. The molecule has 5 aromatic carbocycles. The lowest BCUT2D eigenvalue weighted by molar-refractivity contribution is 0.481. The fourth-order valence-corrected chi connectivity index (χ4v) is 12.6. The van der Waals surface area contributed by atoms with Gasteiger partial charge in [-0.05, 0) is 189 Å². The van der Waals surface area contributed by atoms with Crippen LogP contribution in [-0.2, 0) is 0 Å². The maximum absolute atomic E-state index is 5.28. The predicted molar refractivity (Wildman–Crippen MR) is 300 cm³/mol. The SMILES string of the molecule is C1=CCC(C2C=C(C3=CCCC=C3)C=C(c3c4c(c(C5=CC(C6=CCCC=C6)=CC(c6ccccc6)C5)c5cc(C6=CCC(c7nc8ccccc8n7-c7ccccc7)C=C6)ccc35)=CCCC=4)C2)C=C1. The van der Waals surface area contributed by atoms with Crippen molar-refractivity contribution in [1.82, 2.24) is 9.55 Å². The summed E-state index contributed by atoms with van der Waals surface area (Å²) in [4.78, 5) is 5.28. The van der Waals surface area contributed by atoms with Crippen LogP contribution in [0.4, 0.5) is 0 Å². The Morgan fingerprint density at radius 1 is 0.479 bits per heavy atom. The van der Waals surface area contributed by atoms with Crippen molar-refractivity contribution in [3.63, 3.8) is 0 Å². The number of nitrogens with zero attached hydrogens (tertiary/aromatic N) is 2. The minimum Gasteiger partial charge on any atom is -0.296 e. The zero-order valence-electron chi connectivity index (χ0n) is 40.6. The van der Waals surface area contributed by atoms with Gasteiger partial charge >= 0.3 is 0 Å². The molecule has 13 rings (SSSR count). The van der Waals surface area contributed by atoms with Gasteiger partial charge in [-0.3, -0.25) is 4.57 Å². The van der Waals surface area contributed by atoms with Crippen molar-refractivity contribution in [3.8, 4) is 5.69 Å². The largest absolute Gasteiger partial charge is 0.296 e. The highest BCUT2D eigenvalue weighted by Crippen LogP contribution is 2.45. The standard InChI is InChI=1S/C69H60N2/c1-6-20-47(21-7-1)54-40-55(48-22-8-2-9-23-48)43-58(42-54)67-61-30-16-17-31-62(61)68(59-44-56(49-24-10-3-11-25-49)41-57(45-59)50-26-12-4-13-27-50)64-46-53(38-39-63(64)67)51-34-36-52(37-35-51)69-70-65-32-18-19-33-66(65)71(69)60-28-14-5-15-29-60/h1,3,5-8,10-12,14-15,18-20,22-36,38-41,43,45-47,52,54,56H,2,4,9,13,16-17,21,37,42,44H2. The second-order valence-electron chi connectivity index (χ2n) is 20.5. The number of benzene rings is 5. The van der Waals surface area contributed by atoms with E-state index in [1.807, 2.05) is 0 Å². The molecule has 0 bridgehead atoms. The first kappa shape index (κ1) is 43.5. The molecule has 0 aliphatic heterocycles. The molecular weight excluding hydrogens is 857 g/mol. The van der Waals surface area contributed by atoms with Crippen molar-refractivity contribution < 1.29 is 0 Å². The third-order valence-corrected chi connectivity index (χ3v) is 16.0. The normalized spacial score (nSPS) is 22.6. The van der Waals surface area contributed by atoms with Crippen molar-refractivity contribution in [2.24, 2.45) is 11.8 Å². The van der Waals surface area contributed by atoms with Crippen molar-refractivity contribution >= 4 is 50.7 Å². The van der Waals surface area contributed by atoms with Gasteiger partial charge in [-0.1, -0.05) is 188 Å². The summed E-state index contributed by atoms with van der Waals surface area (Å²) in [5.41, 5.74) is 18.5. The maximum atomic E-state index is 5.28. The number of hydrogen-bond acceptors (Lipinski definition) is 1. The Morgan fingerprint density at radius 2 is 1.17 bits per heavy atom. The van der Waals surface area contributed by atoms with Gasteiger partial charge in [-0.2, -0.15) is 0 Å². The van der Waals surface area contributed by atoms with E-state index in [1.165, 1.54) is 82.5 Å². The lowest BCUT2D eigenvalue weighted by atomic mass is 9.73. The molecule has 2 heteroatoms. The summed E-state index contributed by atoms with van der Waals surface area (Å²) < 4.78 is 2.36. The number of hydrogen-bond donors (Lipinski definition) is 0. The Balaban J connectivity index is 0.988. The molecule has 4 unspecified atom stereocenters. The minimum absolute atomic E-state index is 0.152. The lowest BCUT2D eigenvalue weighted by Gasteiger charge is -2.31. The highest BCUT2D eigenvalue weighted by Gasteiger charge is 2.29. The highest BCUT2D eigenvalue weighted by molar-refractivity contribution is 6.04. The zero-order valence-corrected chi connectivity index (χ0v) is 40.6.